The Kier molecular flexibility index (Phi) is 7.95. The van der Waals surface area contributed by atoms with E-state index in [0.29, 0.717) is 5.92 Å². The highest BCUT2D eigenvalue weighted by atomic mass is 15.2. The summed E-state index contributed by atoms with van der Waals surface area (Å²) in [6, 6.07) is 7.31. The van der Waals surface area contributed by atoms with Crippen molar-refractivity contribution in [3.63, 3.8) is 0 Å². The molecule has 1 aromatic heterocycles. The highest BCUT2D eigenvalue weighted by molar-refractivity contribution is 5.81. The molecule has 44 heavy (non-hydrogen) atoms. The predicted octanol–water partition coefficient (Wildman–Crippen LogP) is 10.5. The number of rotatable bonds is 7. The maximum Gasteiger partial charge on any atom is 0.145 e. The van der Waals surface area contributed by atoms with Crippen LogP contribution in [-0.2, 0) is 6.42 Å². The summed E-state index contributed by atoms with van der Waals surface area (Å²) < 4.78 is 2.40. The monoisotopic (exact) mass is 577 g/mol. The molecule has 5 aliphatic rings. The van der Waals surface area contributed by atoms with Crippen LogP contribution in [0.2, 0.25) is 0 Å². The molecule has 1 heterocycles. The largest absolute Gasteiger partial charge is 0.338 e. The lowest BCUT2D eigenvalue weighted by Gasteiger charge is -2.39. The molecule has 5 aliphatic carbocycles. The third-order valence-corrected chi connectivity index (χ3v) is 9.56. The summed E-state index contributed by atoms with van der Waals surface area (Å²) in [6.07, 6.45) is 40.2. The summed E-state index contributed by atoms with van der Waals surface area (Å²) in [5.41, 5.74) is 12.4. The molecule has 0 amide bonds. The zero-order valence-electron chi connectivity index (χ0n) is 26.2. The first-order valence-corrected chi connectivity index (χ1v) is 16.4. The van der Waals surface area contributed by atoms with Crippen LogP contribution in [0.5, 0.6) is 0 Å². The molecule has 2 aromatic rings. The van der Waals surface area contributed by atoms with Gasteiger partial charge in [-0.05, 0) is 117 Å². The number of nitrogens with zero attached hydrogens (tertiary/aromatic N) is 3. The van der Waals surface area contributed by atoms with Gasteiger partial charge in [0.2, 0.25) is 0 Å². The van der Waals surface area contributed by atoms with Gasteiger partial charge in [0, 0.05) is 22.7 Å². The Hall–Kier alpha value is -4.37. The summed E-state index contributed by atoms with van der Waals surface area (Å²) in [4.78, 5) is 7.86. The standard InChI is InChI=1S/C41H43N3/c1-29-22-24-32(25-23-29)34-26-33(31(3)43(36-15-6-4-7-16-36)39-20-12-10-14-30(39)2)27-35(28-34)41-42-38-19-11-13-21-40(38)44(41)37-17-8-5-9-18-37/h4,6,8,10,12-15,17-18,20-22,24,26-28,30,39H,3,5,7,9,11,16,19,23,25H2,1-2H3. The van der Waals surface area contributed by atoms with Crippen molar-refractivity contribution in [1.82, 2.24) is 14.5 Å². The Morgan fingerprint density at radius 1 is 0.841 bits per heavy atom. The molecule has 0 fully saturated rings. The molecular weight excluding hydrogens is 534 g/mol. The topological polar surface area (TPSA) is 21.1 Å². The van der Waals surface area contributed by atoms with Crippen molar-refractivity contribution >= 4 is 23.0 Å². The second-order valence-electron chi connectivity index (χ2n) is 12.7. The summed E-state index contributed by atoms with van der Waals surface area (Å²) >= 11 is 0. The van der Waals surface area contributed by atoms with Gasteiger partial charge in [0.1, 0.15) is 5.82 Å². The molecule has 2 unspecified atom stereocenters. The van der Waals surface area contributed by atoms with Crippen LogP contribution in [0.1, 0.15) is 81.3 Å². The van der Waals surface area contributed by atoms with E-state index in [4.69, 9.17) is 11.6 Å². The summed E-state index contributed by atoms with van der Waals surface area (Å²) in [5, 5.41) is 0. The Bertz CT molecular complexity index is 1760. The average molecular weight is 578 g/mol. The zero-order valence-corrected chi connectivity index (χ0v) is 26.2. The Balaban J connectivity index is 1.40. The molecule has 0 saturated heterocycles. The van der Waals surface area contributed by atoms with Gasteiger partial charge in [0.15, 0.2) is 0 Å². The molecule has 3 nitrogen and oxygen atoms in total. The lowest BCUT2D eigenvalue weighted by molar-refractivity contribution is 0.342. The fourth-order valence-corrected chi connectivity index (χ4v) is 7.06. The van der Waals surface area contributed by atoms with Gasteiger partial charge in [-0.15, -0.1) is 0 Å². The first kappa shape index (κ1) is 28.4. The van der Waals surface area contributed by atoms with Crippen LogP contribution in [0.15, 0.2) is 115 Å². The maximum absolute atomic E-state index is 5.35. The first-order valence-electron chi connectivity index (χ1n) is 16.4. The van der Waals surface area contributed by atoms with Crippen LogP contribution in [0.4, 0.5) is 0 Å². The minimum atomic E-state index is 0.216. The molecule has 1 aromatic carbocycles. The number of aromatic nitrogens is 2. The van der Waals surface area contributed by atoms with Gasteiger partial charge >= 0.3 is 0 Å². The van der Waals surface area contributed by atoms with E-state index in [1.54, 1.807) is 0 Å². The first-order chi connectivity index (χ1) is 21.6. The fraction of sp³-hybridized carbons (Fsp3) is 0.293. The molecule has 7 rings (SSSR count). The molecule has 2 atom stereocenters. The molecule has 3 heteroatoms. The average Bonchev–Trinajstić information content (AvgIpc) is 3.47. The molecule has 0 N–H and O–H groups in total. The third-order valence-electron chi connectivity index (χ3n) is 9.56. The molecule has 0 bridgehead atoms. The quantitative estimate of drug-likeness (QED) is 0.326. The highest BCUT2D eigenvalue weighted by Crippen LogP contribution is 2.39. The molecular formula is C41H43N3. The van der Waals surface area contributed by atoms with Crippen molar-refractivity contribution in [1.29, 1.82) is 0 Å². The van der Waals surface area contributed by atoms with Gasteiger partial charge in [-0.1, -0.05) is 85.9 Å². The Morgan fingerprint density at radius 3 is 2.45 bits per heavy atom. The van der Waals surface area contributed by atoms with Crippen LogP contribution >= 0.6 is 0 Å². The second-order valence-corrected chi connectivity index (χ2v) is 12.7. The van der Waals surface area contributed by atoms with Crippen LogP contribution in [0, 0.1) is 5.92 Å². The van der Waals surface area contributed by atoms with Gasteiger partial charge in [-0.3, -0.25) is 4.57 Å². The van der Waals surface area contributed by atoms with Crippen molar-refractivity contribution in [3.8, 4) is 11.4 Å². The predicted molar refractivity (Wildman–Crippen MR) is 187 cm³/mol. The molecule has 0 saturated carbocycles. The smallest absolute Gasteiger partial charge is 0.145 e. The summed E-state index contributed by atoms with van der Waals surface area (Å²) in [7, 11) is 0. The lowest BCUT2D eigenvalue weighted by Crippen LogP contribution is -2.37. The van der Waals surface area contributed by atoms with Crippen molar-refractivity contribution in [2.45, 2.75) is 71.3 Å². The van der Waals surface area contributed by atoms with E-state index in [9.17, 15) is 0 Å². The van der Waals surface area contributed by atoms with Crippen LogP contribution in [0.25, 0.3) is 34.4 Å². The number of benzene rings is 1. The van der Waals surface area contributed by atoms with Crippen molar-refractivity contribution in [2.24, 2.45) is 5.92 Å². The number of aryl methyl sites for hydroxylation is 1. The van der Waals surface area contributed by atoms with Gasteiger partial charge < -0.3 is 4.90 Å². The molecule has 0 aliphatic heterocycles. The second kappa shape index (κ2) is 12.3. The minimum Gasteiger partial charge on any atom is -0.338 e. The number of hydrogen-bond acceptors (Lipinski definition) is 2. The number of allylic oxidation sites excluding steroid dienone is 15. The van der Waals surface area contributed by atoms with Gasteiger partial charge in [-0.2, -0.15) is 0 Å². The zero-order chi connectivity index (χ0) is 30.0. The van der Waals surface area contributed by atoms with E-state index in [2.05, 4.69) is 127 Å². The number of hydrogen-bond donors (Lipinski definition) is 0. The third kappa shape index (κ3) is 5.52. The number of imidazole rings is 1. The lowest BCUT2D eigenvalue weighted by atomic mass is 9.89. The SMILES string of the molecule is C=C(c1cc(C2=CC=C(C)CC2)cc(-c2nc3c(n2C2=CCCC=C2)C=CCC3)c1)N(C1=CC=CCC1)C1C=CC=CC1C. The number of fused-ring (bicyclic) bond motifs is 1. The van der Waals surface area contributed by atoms with E-state index in [-0.39, 0.29) is 6.04 Å². The van der Waals surface area contributed by atoms with E-state index in [1.807, 2.05) is 0 Å². The normalized spacial score (nSPS) is 22.2. The Labute approximate surface area is 263 Å². The van der Waals surface area contributed by atoms with Crippen LogP contribution in [0.3, 0.4) is 0 Å². The van der Waals surface area contributed by atoms with Crippen molar-refractivity contribution < 1.29 is 0 Å². The maximum atomic E-state index is 5.35. The van der Waals surface area contributed by atoms with Gasteiger partial charge in [0.25, 0.3) is 0 Å². The van der Waals surface area contributed by atoms with Crippen LogP contribution < -0.4 is 0 Å². The fourth-order valence-electron chi connectivity index (χ4n) is 7.06. The summed E-state index contributed by atoms with van der Waals surface area (Å²) in [5.74, 6) is 1.40. The van der Waals surface area contributed by atoms with E-state index >= 15 is 0 Å². The summed E-state index contributed by atoms with van der Waals surface area (Å²) in [6.45, 7) is 9.38. The molecule has 0 radical (unpaired) electrons. The van der Waals surface area contributed by atoms with Crippen molar-refractivity contribution in [3.05, 3.63) is 138 Å². The van der Waals surface area contributed by atoms with Gasteiger partial charge in [0.05, 0.1) is 17.4 Å². The van der Waals surface area contributed by atoms with E-state index in [1.165, 1.54) is 39.5 Å². The molecule has 222 valence electrons. The Morgan fingerprint density at radius 2 is 1.68 bits per heavy atom. The van der Waals surface area contributed by atoms with E-state index in [0.717, 1.165) is 74.0 Å². The minimum absolute atomic E-state index is 0.216. The van der Waals surface area contributed by atoms with Crippen molar-refractivity contribution in [2.75, 3.05) is 0 Å². The van der Waals surface area contributed by atoms with Crippen LogP contribution in [-0.4, -0.2) is 20.5 Å². The van der Waals surface area contributed by atoms with Gasteiger partial charge in [-0.25, -0.2) is 4.98 Å². The highest BCUT2D eigenvalue weighted by Gasteiger charge is 2.28. The molecule has 0 spiro atoms. The van der Waals surface area contributed by atoms with E-state index < -0.39 is 0 Å².